The molecular weight excluding hydrogens is 266 g/mol. The summed E-state index contributed by atoms with van der Waals surface area (Å²) in [5.41, 5.74) is 1.13. The summed E-state index contributed by atoms with van der Waals surface area (Å²) in [7, 11) is 0. The zero-order valence-electron chi connectivity index (χ0n) is 12.7. The lowest BCUT2D eigenvalue weighted by atomic mass is 10.1. The van der Waals surface area contributed by atoms with Crippen molar-refractivity contribution < 1.29 is 4.79 Å². The number of amides is 2. The molecule has 0 spiro atoms. The van der Waals surface area contributed by atoms with Gasteiger partial charge in [0, 0.05) is 37.9 Å². The minimum atomic E-state index is 0.115. The summed E-state index contributed by atoms with van der Waals surface area (Å²) in [6.45, 7) is 6.11. The predicted octanol–water partition coefficient (Wildman–Crippen LogP) is 1.22. The lowest BCUT2D eigenvalue weighted by molar-refractivity contribution is 0.171. The number of hydrogen-bond donors (Lipinski definition) is 2. The maximum Gasteiger partial charge on any atom is 0.317 e. The van der Waals surface area contributed by atoms with Gasteiger partial charge in [0.2, 0.25) is 0 Å². The van der Waals surface area contributed by atoms with Gasteiger partial charge in [-0.1, -0.05) is 6.92 Å². The zero-order valence-corrected chi connectivity index (χ0v) is 12.7. The SMILES string of the molecule is CCN1CCC2CCC(C1)N2C(=O)NCCc1cn[nH]c1. The standard InChI is InChI=1S/C15H25N5O/c1-2-19-8-6-13-3-4-14(11-19)20(13)15(21)16-7-5-12-9-17-18-10-12/h9-10,13-14H,2-8,11H2,1H3,(H,16,21)(H,17,18). The highest BCUT2D eigenvalue weighted by Gasteiger charge is 2.39. The molecule has 116 valence electrons. The third kappa shape index (κ3) is 3.20. The Morgan fingerprint density at radius 3 is 3.05 bits per heavy atom. The Hall–Kier alpha value is -1.56. The molecule has 2 aliphatic rings. The van der Waals surface area contributed by atoms with Gasteiger partial charge in [0.25, 0.3) is 0 Å². The molecule has 2 fully saturated rings. The molecule has 1 aromatic rings. The lowest BCUT2D eigenvalue weighted by Gasteiger charge is -2.29. The van der Waals surface area contributed by atoms with Gasteiger partial charge in [0.05, 0.1) is 6.20 Å². The van der Waals surface area contributed by atoms with Gasteiger partial charge >= 0.3 is 6.03 Å². The molecule has 6 nitrogen and oxygen atoms in total. The Balaban J connectivity index is 1.54. The minimum Gasteiger partial charge on any atom is -0.338 e. The molecule has 0 aliphatic carbocycles. The average molecular weight is 291 g/mol. The normalized spacial score (nSPS) is 25.9. The monoisotopic (exact) mass is 291 g/mol. The summed E-state index contributed by atoms with van der Waals surface area (Å²) >= 11 is 0. The van der Waals surface area contributed by atoms with Crippen molar-refractivity contribution in [1.29, 1.82) is 0 Å². The number of nitrogens with zero attached hydrogens (tertiary/aromatic N) is 3. The highest BCUT2D eigenvalue weighted by Crippen LogP contribution is 2.30. The molecule has 1 aromatic heterocycles. The van der Waals surface area contributed by atoms with E-state index in [2.05, 4.69) is 32.2 Å². The number of hydrogen-bond acceptors (Lipinski definition) is 3. The summed E-state index contributed by atoms with van der Waals surface area (Å²) in [5, 5.41) is 9.80. The average Bonchev–Trinajstić information content (AvgIpc) is 3.06. The van der Waals surface area contributed by atoms with Crippen molar-refractivity contribution >= 4 is 6.03 Å². The number of likely N-dealkylation sites (N-methyl/N-ethyl adjacent to an activating group) is 1. The van der Waals surface area contributed by atoms with Crippen molar-refractivity contribution in [2.24, 2.45) is 0 Å². The molecule has 6 heteroatoms. The van der Waals surface area contributed by atoms with E-state index in [4.69, 9.17) is 0 Å². The lowest BCUT2D eigenvalue weighted by Crippen LogP contribution is -2.48. The molecular formula is C15H25N5O. The van der Waals surface area contributed by atoms with Crippen LogP contribution in [-0.4, -0.2) is 64.3 Å². The van der Waals surface area contributed by atoms with Crippen molar-refractivity contribution in [3.63, 3.8) is 0 Å². The van der Waals surface area contributed by atoms with E-state index in [0.29, 0.717) is 18.6 Å². The number of urea groups is 1. The van der Waals surface area contributed by atoms with E-state index in [0.717, 1.165) is 50.9 Å². The van der Waals surface area contributed by atoms with Gasteiger partial charge in [0.15, 0.2) is 0 Å². The molecule has 2 unspecified atom stereocenters. The van der Waals surface area contributed by atoms with Crippen LogP contribution < -0.4 is 5.32 Å². The van der Waals surface area contributed by atoms with E-state index in [1.54, 1.807) is 6.20 Å². The first-order chi connectivity index (χ1) is 10.3. The quantitative estimate of drug-likeness (QED) is 0.877. The molecule has 0 radical (unpaired) electrons. The Morgan fingerprint density at radius 2 is 2.29 bits per heavy atom. The second kappa shape index (κ2) is 6.47. The first-order valence-electron chi connectivity index (χ1n) is 8.04. The highest BCUT2D eigenvalue weighted by molar-refractivity contribution is 5.75. The van der Waals surface area contributed by atoms with Crippen LogP contribution in [0.5, 0.6) is 0 Å². The zero-order chi connectivity index (χ0) is 14.7. The second-order valence-electron chi connectivity index (χ2n) is 6.06. The van der Waals surface area contributed by atoms with Crippen molar-refractivity contribution in [3.8, 4) is 0 Å². The Kier molecular flexibility index (Phi) is 4.43. The fourth-order valence-electron chi connectivity index (χ4n) is 3.58. The summed E-state index contributed by atoms with van der Waals surface area (Å²) in [5.74, 6) is 0. The van der Waals surface area contributed by atoms with Crippen LogP contribution in [-0.2, 0) is 6.42 Å². The Bertz CT molecular complexity index is 461. The number of H-pyrrole nitrogens is 1. The van der Waals surface area contributed by atoms with Crippen LogP contribution in [0.2, 0.25) is 0 Å². The van der Waals surface area contributed by atoms with Gasteiger partial charge in [0.1, 0.15) is 0 Å². The van der Waals surface area contributed by atoms with E-state index < -0.39 is 0 Å². The van der Waals surface area contributed by atoms with Crippen LogP contribution in [0.25, 0.3) is 0 Å². The van der Waals surface area contributed by atoms with Crippen LogP contribution in [0, 0.1) is 0 Å². The molecule has 2 N–H and O–H groups in total. The summed E-state index contributed by atoms with van der Waals surface area (Å²) < 4.78 is 0. The fourth-order valence-corrected chi connectivity index (χ4v) is 3.58. The maximum absolute atomic E-state index is 12.5. The number of carbonyl (C=O) groups excluding carboxylic acids is 1. The van der Waals surface area contributed by atoms with Gasteiger partial charge in [-0.3, -0.25) is 5.10 Å². The Morgan fingerprint density at radius 1 is 1.43 bits per heavy atom. The number of nitrogens with one attached hydrogen (secondary N) is 2. The number of likely N-dealkylation sites (tertiary alicyclic amines) is 1. The smallest absolute Gasteiger partial charge is 0.317 e. The highest BCUT2D eigenvalue weighted by atomic mass is 16.2. The van der Waals surface area contributed by atoms with Gasteiger partial charge in [-0.2, -0.15) is 5.10 Å². The molecule has 2 aliphatic heterocycles. The number of fused-ring (bicyclic) bond motifs is 2. The van der Waals surface area contributed by atoms with Gasteiger partial charge < -0.3 is 15.1 Å². The largest absolute Gasteiger partial charge is 0.338 e. The summed E-state index contributed by atoms with van der Waals surface area (Å²) in [6.07, 6.45) is 7.93. The molecule has 3 rings (SSSR count). The van der Waals surface area contributed by atoms with Crippen molar-refractivity contribution in [3.05, 3.63) is 18.0 Å². The molecule has 21 heavy (non-hydrogen) atoms. The van der Waals surface area contributed by atoms with Crippen molar-refractivity contribution in [2.45, 2.75) is 44.7 Å². The van der Waals surface area contributed by atoms with Crippen LogP contribution in [0.4, 0.5) is 4.79 Å². The number of carbonyl (C=O) groups is 1. The van der Waals surface area contributed by atoms with Crippen LogP contribution in [0.1, 0.15) is 31.7 Å². The predicted molar refractivity (Wildman–Crippen MR) is 81.1 cm³/mol. The van der Waals surface area contributed by atoms with Crippen molar-refractivity contribution in [1.82, 2.24) is 25.3 Å². The minimum absolute atomic E-state index is 0.115. The van der Waals surface area contributed by atoms with E-state index >= 15 is 0 Å². The molecule has 0 aromatic carbocycles. The van der Waals surface area contributed by atoms with Crippen LogP contribution in [0.3, 0.4) is 0 Å². The summed E-state index contributed by atoms with van der Waals surface area (Å²) in [6, 6.07) is 0.941. The molecule has 2 bridgehead atoms. The van der Waals surface area contributed by atoms with Crippen LogP contribution in [0.15, 0.2) is 12.4 Å². The van der Waals surface area contributed by atoms with Gasteiger partial charge in [-0.15, -0.1) is 0 Å². The fraction of sp³-hybridized carbons (Fsp3) is 0.733. The number of rotatable bonds is 4. The van der Waals surface area contributed by atoms with Crippen LogP contribution >= 0.6 is 0 Å². The van der Waals surface area contributed by atoms with Gasteiger partial charge in [-0.05, 0) is 37.8 Å². The number of aromatic nitrogens is 2. The molecule has 0 saturated carbocycles. The molecule has 3 heterocycles. The van der Waals surface area contributed by atoms with E-state index in [9.17, 15) is 4.79 Å². The molecule has 2 saturated heterocycles. The molecule has 2 atom stereocenters. The second-order valence-corrected chi connectivity index (χ2v) is 6.06. The van der Waals surface area contributed by atoms with E-state index in [1.807, 2.05) is 6.20 Å². The molecule has 2 amide bonds. The topological polar surface area (TPSA) is 64.3 Å². The first-order valence-corrected chi connectivity index (χ1v) is 8.04. The van der Waals surface area contributed by atoms with Gasteiger partial charge in [-0.25, -0.2) is 4.79 Å². The van der Waals surface area contributed by atoms with E-state index in [-0.39, 0.29) is 6.03 Å². The Labute approximate surface area is 125 Å². The maximum atomic E-state index is 12.5. The van der Waals surface area contributed by atoms with Crippen molar-refractivity contribution in [2.75, 3.05) is 26.2 Å². The number of aromatic amines is 1. The third-order valence-electron chi connectivity index (χ3n) is 4.79. The summed E-state index contributed by atoms with van der Waals surface area (Å²) in [4.78, 5) is 17.1. The third-order valence-corrected chi connectivity index (χ3v) is 4.79. The van der Waals surface area contributed by atoms with E-state index in [1.165, 1.54) is 0 Å². The first kappa shape index (κ1) is 14.4.